The summed E-state index contributed by atoms with van der Waals surface area (Å²) < 4.78 is 5.30. The van der Waals surface area contributed by atoms with E-state index in [9.17, 15) is 4.79 Å². The summed E-state index contributed by atoms with van der Waals surface area (Å²) in [6.07, 6.45) is 6.81. The third-order valence-electron chi connectivity index (χ3n) is 4.03. The van der Waals surface area contributed by atoms with E-state index in [0.29, 0.717) is 6.61 Å². The molecule has 1 rings (SSSR count). The van der Waals surface area contributed by atoms with Crippen LogP contribution in [0.25, 0.3) is 0 Å². The second kappa shape index (κ2) is 7.25. The van der Waals surface area contributed by atoms with Gasteiger partial charge in [0, 0.05) is 0 Å². The van der Waals surface area contributed by atoms with Crippen LogP contribution in [0.3, 0.4) is 0 Å². The summed E-state index contributed by atoms with van der Waals surface area (Å²) in [6, 6.07) is 0. The molecule has 0 spiro atoms. The molecule has 4 heteroatoms. The molecule has 1 atom stereocenters. The Labute approximate surface area is 116 Å². The van der Waals surface area contributed by atoms with Crippen molar-refractivity contribution in [1.82, 2.24) is 0 Å². The lowest BCUT2D eigenvalue weighted by atomic mass is 9.72. The Balaban J connectivity index is 2.85. The maximum absolute atomic E-state index is 12.5. The molecule has 0 bridgehead atoms. The lowest BCUT2D eigenvalue weighted by Crippen LogP contribution is -2.44. The maximum atomic E-state index is 12.5. The molecule has 4 nitrogen and oxygen atoms in total. The summed E-state index contributed by atoms with van der Waals surface area (Å²) >= 11 is 0. The first-order valence-corrected chi connectivity index (χ1v) is 7.60. The van der Waals surface area contributed by atoms with Gasteiger partial charge >= 0.3 is 5.97 Å². The molecule has 1 heterocycles. The van der Waals surface area contributed by atoms with Crippen LogP contribution < -0.4 is 0 Å². The van der Waals surface area contributed by atoms with Gasteiger partial charge in [-0.05, 0) is 26.7 Å². The van der Waals surface area contributed by atoms with Gasteiger partial charge in [-0.1, -0.05) is 46.0 Å². The van der Waals surface area contributed by atoms with Crippen molar-refractivity contribution in [2.75, 3.05) is 6.61 Å². The Kier molecular flexibility index (Phi) is 6.27. The first-order valence-electron chi connectivity index (χ1n) is 7.60. The third-order valence-corrected chi connectivity index (χ3v) is 4.03. The maximum Gasteiger partial charge on any atom is 0.317 e. The predicted molar refractivity (Wildman–Crippen MR) is 73.3 cm³/mol. The Morgan fingerprint density at radius 3 is 2.11 bits per heavy atom. The van der Waals surface area contributed by atoms with Gasteiger partial charge in [0.15, 0.2) is 0 Å². The minimum Gasteiger partial charge on any atom is -0.465 e. The number of hydrogen-bond acceptors (Lipinski definition) is 4. The number of esters is 1. The van der Waals surface area contributed by atoms with E-state index in [2.05, 4.69) is 13.8 Å². The SMILES string of the molecule is CCCCCC(CCCC)(C(=O)OCC)C1(C)OO1. The molecule has 1 aliphatic rings. The molecule has 0 amide bonds. The van der Waals surface area contributed by atoms with E-state index in [1.54, 1.807) is 0 Å². The summed E-state index contributed by atoms with van der Waals surface area (Å²) in [6.45, 7) is 8.37. The van der Waals surface area contributed by atoms with Gasteiger partial charge in [-0.15, -0.1) is 0 Å². The fourth-order valence-electron chi connectivity index (χ4n) is 2.62. The first-order chi connectivity index (χ1) is 9.06. The number of carbonyl (C=O) groups is 1. The molecule has 0 aromatic carbocycles. The van der Waals surface area contributed by atoms with Crippen molar-refractivity contribution >= 4 is 5.97 Å². The van der Waals surface area contributed by atoms with E-state index in [1.165, 1.54) is 0 Å². The average molecular weight is 272 g/mol. The Morgan fingerprint density at radius 1 is 1.05 bits per heavy atom. The van der Waals surface area contributed by atoms with Crippen LogP contribution in [-0.2, 0) is 19.3 Å². The number of carbonyl (C=O) groups excluding carboxylic acids is 1. The van der Waals surface area contributed by atoms with E-state index in [-0.39, 0.29) is 5.97 Å². The standard InChI is InChI=1S/C15H28O4/c1-5-8-10-12-15(11-9-6-2,13(16)17-7-3)14(4)18-19-14/h5-12H2,1-4H3. The van der Waals surface area contributed by atoms with Crippen molar-refractivity contribution in [3.8, 4) is 0 Å². The van der Waals surface area contributed by atoms with Crippen LogP contribution >= 0.6 is 0 Å². The van der Waals surface area contributed by atoms with Gasteiger partial charge in [-0.2, -0.15) is 9.78 Å². The summed E-state index contributed by atoms with van der Waals surface area (Å²) in [5.41, 5.74) is -0.645. The Morgan fingerprint density at radius 2 is 1.63 bits per heavy atom. The molecule has 0 aromatic heterocycles. The highest BCUT2D eigenvalue weighted by Crippen LogP contribution is 2.53. The second-order valence-electron chi connectivity index (χ2n) is 5.48. The normalized spacial score (nSPS) is 19.8. The highest BCUT2D eigenvalue weighted by Gasteiger charge is 2.65. The minimum absolute atomic E-state index is 0.167. The molecule has 1 fully saturated rings. The van der Waals surface area contributed by atoms with Crippen molar-refractivity contribution in [3.63, 3.8) is 0 Å². The van der Waals surface area contributed by atoms with Crippen LogP contribution in [0, 0.1) is 5.41 Å². The van der Waals surface area contributed by atoms with Gasteiger partial charge in [0.1, 0.15) is 5.41 Å². The fourth-order valence-corrected chi connectivity index (χ4v) is 2.62. The Hall–Kier alpha value is -0.610. The molecule has 112 valence electrons. The van der Waals surface area contributed by atoms with Crippen LogP contribution in [0.1, 0.15) is 72.6 Å². The van der Waals surface area contributed by atoms with Crippen LogP contribution in [0.4, 0.5) is 0 Å². The first kappa shape index (κ1) is 16.4. The average Bonchev–Trinajstić information content (AvgIpc) is 3.13. The quantitative estimate of drug-likeness (QED) is 0.261. The molecule has 1 aliphatic heterocycles. The lowest BCUT2D eigenvalue weighted by Gasteiger charge is -2.32. The summed E-state index contributed by atoms with van der Waals surface area (Å²) in [5, 5.41) is 0. The molecule has 0 aliphatic carbocycles. The van der Waals surface area contributed by atoms with E-state index >= 15 is 0 Å². The summed E-state index contributed by atoms with van der Waals surface area (Å²) in [4.78, 5) is 22.8. The van der Waals surface area contributed by atoms with Crippen molar-refractivity contribution < 1.29 is 19.3 Å². The zero-order chi connectivity index (χ0) is 14.4. The largest absolute Gasteiger partial charge is 0.465 e. The molecule has 0 aromatic rings. The van der Waals surface area contributed by atoms with Crippen LogP contribution in [0.5, 0.6) is 0 Å². The molecule has 19 heavy (non-hydrogen) atoms. The molecule has 0 N–H and O–H groups in total. The molecule has 1 unspecified atom stereocenters. The highest BCUT2D eigenvalue weighted by molar-refractivity contribution is 5.78. The van der Waals surface area contributed by atoms with Crippen LogP contribution in [-0.4, -0.2) is 18.4 Å². The topological polar surface area (TPSA) is 51.4 Å². The number of unbranched alkanes of at least 4 members (excludes halogenated alkanes) is 3. The minimum atomic E-state index is -0.790. The molecular weight excluding hydrogens is 244 g/mol. The van der Waals surface area contributed by atoms with Crippen molar-refractivity contribution in [2.45, 2.75) is 78.4 Å². The number of rotatable bonds is 10. The zero-order valence-electron chi connectivity index (χ0n) is 12.8. The van der Waals surface area contributed by atoms with Crippen LogP contribution in [0.2, 0.25) is 0 Å². The zero-order valence-corrected chi connectivity index (χ0v) is 12.8. The molecular formula is C15H28O4. The lowest BCUT2D eigenvalue weighted by molar-refractivity contribution is -0.162. The fraction of sp³-hybridized carbons (Fsp3) is 0.933. The number of ether oxygens (including phenoxy) is 1. The van der Waals surface area contributed by atoms with Crippen molar-refractivity contribution in [3.05, 3.63) is 0 Å². The smallest absolute Gasteiger partial charge is 0.317 e. The van der Waals surface area contributed by atoms with Gasteiger partial charge in [0.2, 0.25) is 5.79 Å². The van der Waals surface area contributed by atoms with Crippen molar-refractivity contribution in [1.29, 1.82) is 0 Å². The van der Waals surface area contributed by atoms with Gasteiger partial charge in [-0.25, -0.2) is 0 Å². The van der Waals surface area contributed by atoms with Gasteiger partial charge in [-0.3, -0.25) is 4.79 Å². The predicted octanol–water partition coefficient (Wildman–Crippen LogP) is 3.98. The monoisotopic (exact) mass is 272 g/mol. The summed E-state index contributed by atoms with van der Waals surface area (Å²) in [5.74, 6) is -0.957. The molecule has 0 saturated carbocycles. The summed E-state index contributed by atoms with van der Waals surface area (Å²) in [7, 11) is 0. The Bertz CT molecular complexity index is 286. The molecule has 1 saturated heterocycles. The van der Waals surface area contributed by atoms with Gasteiger partial charge < -0.3 is 4.74 Å². The van der Waals surface area contributed by atoms with Gasteiger partial charge in [0.25, 0.3) is 0 Å². The third kappa shape index (κ3) is 3.69. The van der Waals surface area contributed by atoms with Gasteiger partial charge in [0.05, 0.1) is 6.61 Å². The van der Waals surface area contributed by atoms with Crippen molar-refractivity contribution in [2.24, 2.45) is 5.41 Å². The van der Waals surface area contributed by atoms with E-state index in [4.69, 9.17) is 14.5 Å². The van der Waals surface area contributed by atoms with Crippen LogP contribution in [0.15, 0.2) is 0 Å². The second-order valence-corrected chi connectivity index (χ2v) is 5.48. The highest BCUT2D eigenvalue weighted by atomic mass is 17.4. The number of hydrogen-bond donors (Lipinski definition) is 0. The van der Waals surface area contributed by atoms with E-state index < -0.39 is 11.2 Å². The van der Waals surface area contributed by atoms with E-state index in [0.717, 1.165) is 44.9 Å². The van der Waals surface area contributed by atoms with E-state index in [1.807, 2.05) is 13.8 Å². The molecule has 0 radical (unpaired) electrons.